The smallest absolute Gasteiger partial charge is 0.324 e. The summed E-state index contributed by atoms with van der Waals surface area (Å²) in [7, 11) is -14.6. The van der Waals surface area contributed by atoms with E-state index in [0.29, 0.717) is 0 Å². The van der Waals surface area contributed by atoms with E-state index in [1.807, 2.05) is 0 Å². The van der Waals surface area contributed by atoms with Gasteiger partial charge in [-0.2, -0.15) is 0 Å². The van der Waals surface area contributed by atoms with E-state index in [-0.39, 0.29) is 0 Å². The van der Waals surface area contributed by atoms with E-state index in [2.05, 4.69) is 0 Å². The van der Waals surface area contributed by atoms with Crippen LogP contribution in [0.15, 0.2) is 0 Å². The molecule has 0 spiro atoms. The SMILES string of the molecule is CC(C(CP(=O)(O)O)P(=O)(O)O)P(=O)(O)O. The minimum absolute atomic E-state index is 0.834. The zero-order valence-corrected chi connectivity index (χ0v) is 10.8. The average Bonchev–Trinajstić information content (AvgIpc) is 1.93. The Morgan fingerprint density at radius 3 is 1.44 bits per heavy atom. The van der Waals surface area contributed by atoms with Gasteiger partial charge in [-0.3, -0.25) is 13.7 Å². The van der Waals surface area contributed by atoms with Crippen LogP contribution >= 0.6 is 22.8 Å². The number of hydrogen-bond donors (Lipinski definition) is 6. The standard InChI is InChI=1S/C4H13O9P3/c1-3(15(8,9)10)4(16(11,12)13)2-14(5,6)7/h3-4H,2H2,1H3,(H2,5,6,7)(H2,8,9,10)(H2,11,12,13). The molecular formula is C4H13O9P3. The summed E-state index contributed by atoms with van der Waals surface area (Å²) >= 11 is 0. The van der Waals surface area contributed by atoms with Crippen molar-refractivity contribution in [1.29, 1.82) is 0 Å². The molecule has 0 aliphatic carbocycles. The van der Waals surface area contributed by atoms with E-state index in [1.54, 1.807) is 0 Å². The third kappa shape index (κ3) is 5.68. The van der Waals surface area contributed by atoms with Crippen molar-refractivity contribution in [2.75, 3.05) is 6.16 Å². The van der Waals surface area contributed by atoms with Crippen molar-refractivity contribution in [3.8, 4) is 0 Å². The summed E-state index contributed by atoms with van der Waals surface area (Å²) < 4.78 is 32.3. The van der Waals surface area contributed by atoms with Crippen molar-refractivity contribution in [1.82, 2.24) is 0 Å². The van der Waals surface area contributed by atoms with Crippen LogP contribution < -0.4 is 0 Å². The third-order valence-electron chi connectivity index (χ3n) is 1.94. The molecule has 0 bridgehead atoms. The molecule has 2 atom stereocenters. The van der Waals surface area contributed by atoms with Crippen molar-refractivity contribution in [3.63, 3.8) is 0 Å². The zero-order valence-electron chi connectivity index (χ0n) is 8.11. The molecule has 0 amide bonds. The van der Waals surface area contributed by atoms with Crippen LogP contribution in [0.5, 0.6) is 0 Å². The van der Waals surface area contributed by atoms with Crippen LogP contribution in [0.1, 0.15) is 6.92 Å². The normalized spacial score (nSPS) is 18.2. The van der Waals surface area contributed by atoms with Crippen molar-refractivity contribution >= 4 is 22.8 Å². The van der Waals surface area contributed by atoms with Crippen molar-refractivity contribution < 1.29 is 43.1 Å². The highest BCUT2D eigenvalue weighted by molar-refractivity contribution is 7.59. The van der Waals surface area contributed by atoms with Gasteiger partial charge >= 0.3 is 22.8 Å². The molecule has 2 unspecified atom stereocenters. The largest absolute Gasteiger partial charge is 0.330 e. The van der Waals surface area contributed by atoms with Gasteiger partial charge in [0, 0.05) is 0 Å². The Morgan fingerprint density at radius 2 is 1.25 bits per heavy atom. The Hall–Kier alpha value is 0.450. The second kappa shape index (κ2) is 4.98. The molecule has 0 saturated carbocycles. The molecule has 0 saturated heterocycles. The first-order valence-electron chi connectivity index (χ1n) is 3.90. The van der Waals surface area contributed by atoms with Gasteiger partial charge in [-0.05, 0) is 0 Å². The molecule has 0 fully saturated rings. The van der Waals surface area contributed by atoms with Gasteiger partial charge in [0.15, 0.2) is 0 Å². The average molecular weight is 298 g/mol. The van der Waals surface area contributed by atoms with Crippen LogP contribution in [0.3, 0.4) is 0 Å². The minimum atomic E-state index is -5.01. The van der Waals surface area contributed by atoms with E-state index in [1.165, 1.54) is 0 Å². The van der Waals surface area contributed by atoms with Crippen molar-refractivity contribution in [2.45, 2.75) is 18.2 Å². The highest BCUT2D eigenvalue weighted by Crippen LogP contribution is 2.57. The van der Waals surface area contributed by atoms with Crippen LogP contribution in [0.4, 0.5) is 0 Å². The molecule has 0 aromatic carbocycles. The molecule has 9 nitrogen and oxygen atoms in total. The Morgan fingerprint density at radius 1 is 0.875 bits per heavy atom. The Bertz CT molecular complexity index is 372. The van der Waals surface area contributed by atoms with E-state index < -0.39 is 40.3 Å². The highest BCUT2D eigenvalue weighted by Gasteiger charge is 2.45. The fourth-order valence-electron chi connectivity index (χ4n) is 1.01. The summed E-state index contributed by atoms with van der Waals surface area (Å²) in [6, 6.07) is 0. The monoisotopic (exact) mass is 298 g/mol. The molecular weight excluding hydrogens is 285 g/mol. The predicted molar refractivity (Wildman–Crippen MR) is 54.2 cm³/mol. The lowest BCUT2D eigenvalue weighted by atomic mass is 10.4. The van der Waals surface area contributed by atoms with Gasteiger partial charge in [-0.25, -0.2) is 0 Å². The summed E-state index contributed by atoms with van der Waals surface area (Å²) in [4.78, 5) is 52.2. The van der Waals surface area contributed by atoms with Crippen LogP contribution in [0.25, 0.3) is 0 Å². The molecule has 0 rings (SSSR count). The highest BCUT2D eigenvalue weighted by atomic mass is 31.2. The van der Waals surface area contributed by atoms with Gasteiger partial charge in [0.1, 0.15) is 0 Å². The van der Waals surface area contributed by atoms with Crippen LogP contribution in [0, 0.1) is 0 Å². The van der Waals surface area contributed by atoms with E-state index in [0.717, 1.165) is 6.92 Å². The molecule has 0 aliphatic heterocycles. The Balaban J connectivity index is 5.22. The maximum atomic E-state index is 10.9. The van der Waals surface area contributed by atoms with Crippen LogP contribution in [-0.2, 0) is 13.7 Å². The topological polar surface area (TPSA) is 173 Å². The molecule has 0 aromatic rings. The summed E-state index contributed by atoms with van der Waals surface area (Å²) in [5, 5.41) is 0. The van der Waals surface area contributed by atoms with Gasteiger partial charge in [-0.1, -0.05) is 6.92 Å². The Labute approximate surface area is 91.0 Å². The summed E-state index contributed by atoms with van der Waals surface area (Å²) in [6.45, 7) is 0.834. The fraction of sp³-hybridized carbons (Fsp3) is 1.00. The van der Waals surface area contributed by atoms with Crippen LogP contribution in [0.2, 0.25) is 0 Å². The molecule has 0 aliphatic rings. The molecule has 0 radical (unpaired) electrons. The maximum absolute atomic E-state index is 10.9. The first-order chi connectivity index (χ1) is 6.75. The van der Waals surface area contributed by atoms with Crippen LogP contribution in [-0.4, -0.2) is 46.8 Å². The maximum Gasteiger partial charge on any atom is 0.330 e. The summed E-state index contributed by atoms with van der Waals surface area (Å²) in [5.74, 6) is 0. The lowest BCUT2D eigenvalue weighted by molar-refractivity contribution is 0.328. The second-order valence-corrected chi connectivity index (χ2v) is 8.86. The minimum Gasteiger partial charge on any atom is -0.324 e. The van der Waals surface area contributed by atoms with Crippen molar-refractivity contribution in [2.24, 2.45) is 0 Å². The number of hydrogen-bond acceptors (Lipinski definition) is 3. The first kappa shape index (κ1) is 16.4. The lowest BCUT2D eigenvalue weighted by Gasteiger charge is -2.25. The van der Waals surface area contributed by atoms with Gasteiger partial charge in [0.2, 0.25) is 0 Å². The molecule has 12 heteroatoms. The predicted octanol–water partition coefficient (Wildman–Crippen LogP) is -0.723. The first-order valence-corrected chi connectivity index (χ1v) is 9.06. The zero-order chi connectivity index (χ0) is 13.4. The quantitative estimate of drug-likeness (QED) is 0.358. The van der Waals surface area contributed by atoms with Gasteiger partial charge < -0.3 is 29.4 Å². The fourth-order valence-corrected chi connectivity index (χ4v) is 5.62. The van der Waals surface area contributed by atoms with E-state index >= 15 is 0 Å². The van der Waals surface area contributed by atoms with Crippen molar-refractivity contribution in [3.05, 3.63) is 0 Å². The summed E-state index contributed by atoms with van der Waals surface area (Å²) in [5.41, 5.74) is -3.91. The molecule has 16 heavy (non-hydrogen) atoms. The number of rotatable bonds is 5. The van der Waals surface area contributed by atoms with Gasteiger partial charge in [-0.15, -0.1) is 0 Å². The van der Waals surface area contributed by atoms with Gasteiger partial charge in [0.05, 0.1) is 17.5 Å². The van der Waals surface area contributed by atoms with E-state index in [4.69, 9.17) is 29.4 Å². The molecule has 98 valence electrons. The lowest BCUT2D eigenvalue weighted by Crippen LogP contribution is -2.27. The molecule has 6 N–H and O–H groups in total. The van der Waals surface area contributed by atoms with E-state index in [9.17, 15) is 13.7 Å². The Kier molecular flexibility index (Phi) is 5.12. The molecule has 0 aromatic heterocycles. The second-order valence-electron chi connectivity index (χ2n) is 3.33. The third-order valence-corrected chi connectivity index (χ3v) is 6.25. The summed E-state index contributed by atoms with van der Waals surface area (Å²) in [6.07, 6.45) is -1.27. The van der Waals surface area contributed by atoms with Gasteiger partial charge in [0.25, 0.3) is 0 Å². The molecule has 0 heterocycles.